The lowest BCUT2D eigenvalue weighted by Gasteiger charge is -2.14. The van der Waals surface area contributed by atoms with Crippen molar-refractivity contribution in [3.63, 3.8) is 0 Å². The van der Waals surface area contributed by atoms with Crippen molar-refractivity contribution in [2.45, 2.75) is 13.0 Å². The summed E-state index contributed by atoms with van der Waals surface area (Å²) in [5.41, 5.74) is 11.1. The van der Waals surface area contributed by atoms with Crippen molar-refractivity contribution < 1.29 is 0 Å². The molecule has 25 heavy (non-hydrogen) atoms. The smallest absolute Gasteiger partial charge is 0.0314 e. The Bertz CT molecular complexity index is 752. The van der Waals surface area contributed by atoms with Gasteiger partial charge in [0.15, 0.2) is 0 Å². The third-order valence-corrected chi connectivity index (χ3v) is 4.08. The van der Waals surface area contributed by atoms with Crippen LogP contribution in [0.5, 0.6) is 0 Å². The van der Waals surface area contributed by atoms with Crippen LogP contribution in [0, 0.1) is 0 Å². The summed E-state index contributed by atoms with van der Waals surface area (Å²) in [6.07, 6.45) is 7.78. The molecule has 1 unspecified atom stereocenters. The third kappa shape index (κ3) is 5.33. The topological polar surface area (TPSA) is 38.0 Å². The Morgan fingerprint density at radius 1 is 1.08 bits per heavy atom. The van der Waals surface area contributed by atoms with E-state index in [2.05, 4.69) is 55.7 Å². The van der Waals surface area contributed by atoms with Gasteiger partial charge in [0, 0.05) is 18.3 Å². The van der Waals surface area contributed by atoms with E-state index in [1.165, 1.54) is 5.56 Å². The number of benzene rings is 2. The van der Waals surface area contributed by atoms with Gasteiger partial charge in [0.2, 0.25) is 0 Å². The maximum atomic E-state index is 5.82. The van der Waals surface area contributed by atoms with Crippen LogP contribution < -0.4 is 11.1 Å². The highest BCUT2D eigenvalue weighted by atomic mass is 14.9. The first kappa shape index (κ1) is 18.5. The first-order valence-corrected chi connectivity index (χ1v) is 8.45. The van der Waals surface area contributed by atoms with Gasteiger partial charge < -0.3 is 11.1 Å². The largest absolute Gasteiger partial charge is 0.399 e. The number of nitrogen functional groups attached to an aromatic ring is 1. The molecule has 0 aliphatic carbocycles. The monoisotopic (exact) mass is 330 g/mol. The van der Waals surface area contributed by atoms with E-state index in [0.29, 0.717) is 0 Å². The maximum Gasteiger partial charge on any atom is 0.0314 e. The Balaban J connectivity index is 2.21. The number of nitrogens with one attached hydrogen (secondary N) is 1. The summed E-state index contributed by atoms with van der Waals surface area (Å²) in [5, 5.41) is 3.54. The van der Waals surface area contributed by atoms with Gasteiger partial charge in [-0.2, -0.15) is 0 Å². The van der Waals surface area contributed by atoms with Crippen LogP contribution in [0.25, 0.3) is 5.57 Å². The standard InChI is InChI=1S/C23H26N2/c1-4-9-19(5-2)23(21-12-14-22(24)15-13-21)16-17-25-18(3)20-10-7-6-8-11-20/h4-16,18,25H,1-2,17,24H2,3H3/b19-9+,23-16-. The molecule has 0 spiro atoms. The molecule has 0 fully saturated rings. The molecule has 0 aromatic heterocycles. The molecule has 0 aliphatic heterocycles. The van der Waals surface area contributed by atoms with Crippen LogP contribution in [-0.2, 0) is 0 Å². The molecule has 3 N–H and O–H groups in total. The van der Waals surface area contributed by atoms with Gasteiger partial charge in [0.1, 0.15) is 0 Å². The number of hydrogen-bond acceptors (Lipinski definition) is 2. The van der Waals surface area contributed by atoms with E-state index >= 15 is 0 Å². The van der Waals surface area contributed by atoms with Crippen LogP contribution in [-0.4, -0.2) is 6.54 Å². The molecule has 0 saturated heterocycles. The van der Waals surface area contributed by atoms with Crippen LogP contribution in [0.15, 0.2) is 97.6 Å². The van der Waals surface area contributed by atoms with Crippen molar-refractivity contribution in [3.8, 4) is 0 Å². The Kier molecular flexibility index (Phi) is 7.00. The minimum absolute atomic E-state index is 0.278. The number of rotatable bonds is 8. The second-order valence-electron chi connectivity index (χ2n) is 5.84. The molecule has 2 heteroatoms. The molecule has 0 amide bonds. The van der Waals surface area contributed by atoms with Gasteiger partial charge in [-0.3, -0.25) is 0 Å². The maximum absolute atomic E-state index is 5.82. The van der Waals surface area contributed by atoms with E-state index in [-0.39, 0.29) is 6.04 Å². The van der Waals surface area contributed by atoms with Crippen molar-refractivity contribution >= 4 is 11.3 Å². The molecule has 0 radical (unpaired) electrons. The predicted molar refractivity (Wildman–Crippen MR) is 110 cm³/mol. The van der Waals surface area contributed by atoms with Crippen LogP contribution in [0.2, 0.25) is 0 Å². The third-order valence-electron chi connectivity index (χ3n) is 4.08. The molecule has 2 aromatic rings. The second kappa shape index (κ2) is 9.45. The average molecular weight is 330 g/mol. The molecule has 0 heterocycles. The first-order chi connectivity index (χ1) is 12.2. The van der Waals surface area contributed by atoms with Crippen molar-refractivity contribution in [3.05, 3.63) is 109 Å². The van der Waals surface area contributed by atoms with Gasteiger partial charge in [-0.1, -0.05) is 79.9 Å². The highest BCUT2D eigenvalue weighted by molar-refractivity contribution is 5.82. The quantitative estimate of drug-likeness (QED) is 0.509. The van der Waals surface area contributed by atoms with Crippen molar-refractivity contribution in [1.82, 2.24) is 5.32 Å². The molecule has 1 atom stereocenters. The summed E-state index contributed by atoms with van der Waals surface area (Å²) in [5.74, 6) is 0. The predicted octanol–water partition coefficient (Wildman–Crippen LogP) is 5.30. The van der Waals surface area contributed by atoms with E-state index in [0.717, 1.165) is 28.9 Å². The molecule has 128 valence electrons. The lowest BCUT2D eigenvalue weighted by atomic mass is 9.96. The minimum atomic E-state index is 0.278. The fraction of sp³-hybridized carbons (Fsp3) is 0.130. The SMILES string of the molecule is C=C/C=C(C=C)/C(=C/CNC(C)c1ccccc1)c1ccc(N)cc1. The van der Waals surface area contributed by atoms with E-state index in [9.17, 15) is 0 Å². The number of anilines is 1. The highest BCUT2D eigenvalue weighted by Crippen LogP contribution is 2.25. The number of hydrogen-bond donors (Lipinski definition) is 2. The van der Waals surface area contributed by atoms with Gasteiger partial charge >= 0.3 is 0 Å². The van der Waals surface area contributed by atoms with Gasteiger partial charge in [0.05, 0.1) is 0 Å². The van der Waals surface area contributed by atoms with Crippen LogP contribution >= 0.6 is 0 Å². The van der Waals surface area contributed by atoms with E-state index in [1.54, 1.807) is 6.08 Å². The summed E-state index contributed by atoms with van der Waals surface area (Å²) in [7, 11) is 0. The summed E-state index contributed by atoms with van der Waals surface area (Å²) in [6.45, 7) is 10.6. The first-order valence-electron chi connectivity index (χ1n) is 8.45. The normalized spacial score (nSPS) is 13.3. The second-order valence-corrected chi connectivity index (χ2v) is 5.84. The summed E-state index contributed by atoms with van der Waals surface area (Å²) < 4.78 is 0. The molecular weight excluding hydrogens is 304 g/mol. The lowest BCUT2D eigenvalue weighted by Crippen LogP contribution is -2.18. The summed E-state index contributed by atoms with van der Waals surface area (Å²) in [4.78, 5) is 0. The number of allylic oxidation sites excluding steroid dienone is 5. The Morgan fingerprint density at radius 2 is 1.76 bits per heavy atom. The molecule has 2 aromatic carbocycles. The minimum Gasteiger partial charge on any atom is -0.399 e. The van der Waals surface area contributed by atoms with Crippen LogP contribution in [0.4, 0.5) is 5.69 Å². The molecule has 0 bridgehead atoms. The highest BCUT2D eigenvalue weighted by Gasteiger charge is 2.06. The molecule has 0 aliphatic rings. The van der Waals surface area contributed by atoms with E-state index in [1.807, 2.05) is 42.5 Å². The zero-order valence-corrected chi connectivity index (χ0v) is 14.8. The molecule has 0 saturated carbocycles. The van der Waals surface area contributed by atoms with Gasteiger partial charge in [-0.05, 0) is 41.3 Å². The average Bonchev–Trinajstić information content (AvgIpc) is 2.65. The van der Waals surface area contributed by atoms with E-state index < -0.39 is 0 Å². The van der Waals surface area contributed by atoms with Crippen LogP contribution in [0.1, 0.15) is 24.1 Å². The van der Waals surface area contributed by atoms with Crippen molar-refractivity contribution in [2.24, 2.45) is 0 Å². The van der Waals surface area contributed by atoms with Gasteiger partial charge in [0.25, 0.3) is 0 Å². The zero-order chi connectivity index (χ0) is 18.1. The summed E-state index contributed by atoms with van der Waals surface area (Å²) >= 11 is 0. The van der Waals surface area contributed by atoms with E-state index in [4.69, 9.17) is 5.73 Å². The molecule has 2 rings (SSSR count). The lowest BCUT2D eigenvalue weighted by molar-refractivity contribution is 0.618. The van der Waals surface area contributed by atoms with Crippen molar-refractivity contribution in [1.29, 1.82) is 0 Å². The Morgan fingerprint density at radius 3 is 2.36 bits per heavy atom. The van der Waals surface area contributed by atoms with Crippen molar-refractivity contribution in [2.75, 3.05) is 12.3 Å². The number of nitrogens with two attached hydrogens (primary N) is 1. The van der Waals surface area contributed by atoms with Gasteiger partial charge in [-0.15, -0.1) is 0 Å². The Labute approximate surface area is 151 Å². The fourth-order valence-electron chi connectivity index (χ4n) is 2.66. The Hall–Kier alpha value is -2.84. The summed E-state index contributed by atoms with van der Waals surface area (Å²) in [6, 6.07) is 18.6. The zero-order valence-electron chi connectivity index (χ0n) is 14.8. The van der Waals surface area contributed by atoms with Crippen LogP contribution in [0.3, 0.4) is 0 Å². The molecular formula is C23H26N2. The molecule has 2 nitrogen and oxygen atoms in total. The van der Waals surface area contributed by atoms with Gasteiger partial charge in [-0.25, -0.2) is 0 Å². The fourth-order valence-corrected chi connectivity index (χ4v) is 2.66.